The number of aryl methyl sites for hydroxylation is 1. The van der Waals surface area contributed by atoms with Gasteiger partial charge in [0.1, 0.15) is 35.9 Å². The number of amides is 5. The fourth-order valence-corrected chi connectivity index (χ4v) is 6.86. The van der Waals surface area contributed by atoms with E-state index in [1.54, 1.807) is 6.20 Å². The average Bonchev–Trinajstić information content (AvgIpc) is 3.61. The molecule has 296 valence electrons. The maximum atomic E-state index is 14.3. The molecule has 5 rings (SSSR count). The Morgan fingerprint density at radius 3 is 2.27 bits per heavy atom. The summed E-state index contributed by atoms with van der Waals surface area (Å²) in [6.07, 6.45) is 2.57. The van der Waals surface area contributed by atoms with E-state index in [0.717, 1.165) is 22.0 Å². The maximum absolute atomic E-state index is 14.3. The van der Waals surface area contributed by atoms with Crippen LogP contribution in [0.2, 0.25) is 0 Å². The van der Waals surface area contributed by atoms with Crippen molar-refractivity contribution >= 4 is 58.0 Å². The van der Waals surface area contributed by atoms with Crippen LogP contribution in [0.3, 0.4) is 0 Å². The molecule has 4 atom stereocenters. The highest BCUT2D eigenvalue weighted by atomic mass is 35.5. The van der Waals surface area contributed by atoms with E-state index in [1.165, 1.54) is 29.2 Å². The van der Waals surface area contributed by atoms with Crippen molar-refractivity contribution in [2.24, 2.45) is 0 Å². The number of carbonyl (C=O) groups is 6. The molecule has 56 heavy (non-hydrogen) atoms. The Balaban J connectivity index is 1.41. The quantitative estimate of drug-likeness (QED) is 0.0881. The molecule has 1 fully saturated rings. The van der Waals surface area contributed by atoms with Crippen LogP contribution in [0, 0.1) is 12.7 Å². The van der Waals surface area contributed by atoms with E-state index in [4.69, 9.17) is 11.6 Å². The molecular weight excluding hydrogens is 743 g/mol. The zero-order valence-electron chi connectivity index (χ0n) is 31.0. The van der Waals surface area contributed by atoms with E-state index in [-0.39, 0.29) is 38.8 Å². The number of likely N-dealkylation sites (tertiary alicyclic amines) is 1. The van der Waals surface area contributed by atoms with E-state index >= 15 is 0 Å². The minimum Gasteiger partial charge on any atom is -0.481 e. The number of nitrogens with one attached hydrogen (secondary N) is 5. The second-order valence-electron chi connectivity index (χ2n) is 13.9. The molecule has 0 bridgehead atoms. The minimum atomic E-state index is -1.23. The molecule has 4 aromatic rings. The molecule has 1 saturated heterocycles. The van der Waals surface area contributed by atoms with E-state index in [9.17, 15) is 38.3 Å². The van der Waals surface area contributed by atoms with E-state index in [0.29, 0.717) is 24.0 Å². The van der Waals surface area contributed by atoms with Gasteiger partial charge in [0.05, 0.1) is 0 Å². The van der Waals surface area contributed by atoms with Gasteiger partial charge in [-0.15, -0.1) is 11.6 Å². The minimum absolute atomic E-state index is 0.0174. The molecule has 0 radical (unpaired) electrons. The van der Waals surface area contributed by atoms with Gasteiger partial charge in [-0.1, -0.05) is 60.2 Å². The van der Waals surface area contributed by atoms with Gasteiger partial charge in [0.25, 0.3) is 0 Å². The van der Waals surface area contributed by atoms with Crippen LogP contribution >= 0.6 is 11.6 Å². The lowest BCUT2D eigenvalue weighted by Gasteiger charge is -2.37. The van der Waals surface area contributed by atoms with Crippen LogP contribution in [0.15, 0.2) is 79.0 Å². The molecule has 1 aliphatic rings. The zero-order chi connectivity index (χ0) is 40.2. The van der Waals surface area contributed by atoms with Crippen molar-refractivity contribution < 1.29 is 38.3 Å². The normalized spacial score (nSPS) is 15.6. The molecule has 6 N–H and O–H groups in total. The molecule has 1 aliphatic heterocycles. The number of carboxylic acid groups (broad SMARTS) is 1. The van der Waals surface area contributed by atoms with Crippen LogP contribution < -0.4 is 21.3 Å². The number of nitrogens with zero attached hydrogens (tertiary/aromatic N) is 1. The van der Waals surface area contributed by atoms with Crippen molar-refractivity contribution in [3.63, 3.8) is 0 Å². The summed E-state index contributed by atoms with van der Waals surface area (Å²) in [4.78, 5) is 84.2. The molecule has 0 spiro atoms. The predicted molar refractivity (Wildman–Crippen MR) is 208 cm³/mol. The predicted octanol–water partition coefficient (Wildman–Crippen LogP) is 3.66. The van der Waals surface area contributed by atoms with Gasteiger partial charge >= 0.3 is 5.97 Å². The smallest absolute Gasteiger partial charge is 0.303 e. The summed E-state index contributed by atoms with van der Waals surface area (Å²) in [5.74, 6) is -5.14. The van der Waals surface area contributed by atoms with Gasteiger partial charge in [-0.25, -0.2) is 4.39 Å². The molecule has 3 aromatic carbocycles. The summed E-state index contributed by atoms with van der Waals surface area (Å²) in [6.45, 7) is 2.31. The first kappa shape index (κ1) is 41.4. The zero-order valence-corrected chi connectivity index (χ0v) is 31.7. The van der Waals surface area contributed by atoms with Gasteiger partial charge in [-0.3, -0.25) is 28.8 Å². The van der Waals surface area contributed by atoms with Crippen molar-refractivity contribution in [1.82, 2.24) is 31.2 Å². The van der Waals surface area contributed by atoms with Crippen LogP contribution in [0.25, 0.3) is 10.9 Å². The summed E-state index contributed by atoms with van der Waals surface area (Å²) < 4.78 is 13.8. The van der Waals surface area contributed by atoms with Gasteiger partial charge < -0.3 is 36.3 Å². The summed E-state index contributed by atoms with van der Waals surface area (Å²) in [5, 5.41) is 21.2. The van der Waals surface area contributed by atoms with Crippen molar-refractivity contribution in [2.45, 2.75) is 82.6 Å². The Bertz CT molecular complexity index is 2020. The molecule has 0 saturated carbocycles. The molecule has 13 nitrogen and oxygen atoms in total. The highest BCUT2D eigenvalue weighted by Crippen LogP contribution is 2.22. The van der Waals surface area contributed by atoms with Gasteiger partial charge in [-0.05, 0) is 67.5 Å². The second kappa shape index (κ2) is 19.7. The molecule has 0 aliphatic carbocycles. The van der Waals surface area contributed by atoms with Crippen LogP contribution in [0.1, 0.15) is 54.4 Å². The Labute approximate surface area is 328 Å². The van der Waals surface area contributed by atoms with Crippen LogP contribution in [-0.4, -0.2) is 87.1 Å². The third-order valence-corrected chi connectivity index (χ3v) is 10.0. The van der Waals surface area contributed by atoms with Gasteiger partial charge in [-0.2, -0.15) is 0 Å². The van der Waals surface area contributed by atoms with Crippen molar-refractivity contribution in [3.05, 3.63) is 107 Å². The number of para-hydroxylation sites is 1. The number of hydrogen-bond donors (Lipinski definition) is 6. The maximum Gasteiger partial charge on any atom is 0.303 e. The SMILES string of the molecule is Cc1ccc(CNC(=O)[C@H](Cc2ccc(F)cc2)NC(=O)[C@H](Cc2c[nH]c3ccccc23)NC(=O)[C@@H]2CCCCN2C(=O)[C@@H](CCC(=O)O)NC(=O)CCl)cc1. The van der Waals surface area contributed by atoms with Crippen LogP contribution in [-0.2, 0) is 48.2 Å². The van der Waals surface area contributed by atoms with Crippen molar-refractivity contribution in [3.8, 4) is 0 Å². The lowest BCUT2D eigenvalue weighted by atomic mass is 9.97. The van der Waals surface area contributed by atoms with Crippen LogP contribution in [0.4, 0.5) is 4.39 Å². The third-order valence-electron chi connectivity index (χ3n) is 9.80. The largest absolute Gasteiger partial charge is 0.481 e. The first-order chi connectivity index (χ1) is 26.9. The average molecular weight is 789 g/mol. The van der Waals surface area contributed by atoms with Crippen LogP contribution in [0.5, 0.6) is 0 Å². The number of carbonyl (C=O) groups excluding carboxylic acids is 5. The van der Waals surface area contributed by atoms with Gasteiger partial charge in [0.15, 0.2) is 0 Å². The lowest BCUT2D eigenvalue weighted by Crippen LogP contribution is -2.61. The number of aliphatic carboxylic acids is 1. The van der Waals surface area contributed by atoms with Crippen molar-refractivity contribution in [2.75, 3.05) is 12.4 Å². The molecule has 1 aromatic heterocycles. The first-order valence-electron chi connectivity index (χ1n) is 18.5. The monoisotopic (exact) mass is 788 g/mol. The van der Waals surface area contributed by atoms with E-state index in [1.807, 2.05) is 55.5 Å². The molecule has 15 heteroatoms. The number of aromatic amines is 1. The summed E-state index contributed by atoms with van der Waals surface area (Å²) in [6, 6.07) is 16.0. The number of H-pyrrole nitrogens is 1. The summed E-state index contributed by atoms with van der Waals surface area (Å²) >= 11 is 5.67. The molecule has 2 heterocycles. The number of carboxylic acids is 1. The molecule has 5 amide bonds. The number of hydrogen-bond acceptors (Lipinski definition) is 6. The number of alkyl halides is 1. The van der Waals surface area contributed by atoms with Crippen molar-refractivity contribution in [1.29, 1.82) is 0 Å². The number of piperidine rings is 1. The Morgan fingerprint density at radius 1 is 0.857 bits per heavy atom. The fraction of sp³-hybridized carbons (Fsp3) is 0.366. The lowest BCUT2D eigenvalue weighted by molar-refractivity contribution is -0.146. The summed E-state index contributed by atoms with van der Waals surface area (Å²) in [7, 11) is 0. The third kappa shape index (κ3) is 11.4. The first-order valence-corrected chi connectivity index (χ1v) is 19.1. The molecular formula is C41H46ClFN6O7. The second-order valence-corrected chi connectivity index (χ2v) is 14.2. The number of halogens is 2. The van der Waals surface area contributed by atoms with E-state index in [2.05, 4.69) is 26.3 Å². The summed E-state index contributed by atoms with van der Waals surface area (Å²) in [5.41, 5.74) is 4.03. The topological polar surface area (TPSA) is 190 Å². The highest BCUT2D eigenvalue weighted by molar-refractivity contribution is 6.27. The van der Waals surface area contributed by atoms with E-state index < -0.39 is 77.8 Å². The number of rotatable bonds is 17. The Morgan fingerprint density at radius 2 is 1.55 bits per heavy atom. The number of benzene rings is 3. The number of aromatic nitrogens is 1. The van der Waals surface area contributed by atoms with Gasteiger partial charge in [0.2, 0.25) is 29.5 Å². The fourth-order valence-electron chi connectivity index (χ4n) is 6.78. The standard InChI is InChI=1S/C41H46ClFN6O7/c1-25-9-11-27(12-10-25)23-45-38(53)33(20-26-13-15-29(43)16-14-26)47-39(54)34(21-28-24-44-31-7-3-2-6-30(28)31)48-40(55)35-8-4-5-19-49(35)41(56)32(17-18-37(51)52)46-36(50)22-42/h2-3,6-7,9-16,24,32-35,44H,4-5,8,17-23H2,1H3,(H,45,53)(H,46,50)(H,47,54)(H,48,55)(H,51,52)/t32-,33+,34+,35+/m1/s1. The number of fused-ring (bicyclic) bond motifs is 1. The Kier molecular flexibility index (Phi) is 14.6. The highest BCUT2D eigenvalue weighted by Gasteiger charge is 2.38. The molecule has 0 unspecified atom stereocenters. The Hall–Kier alpha value is -5.76. The van der Waals surface area contributed by atoms with Gasteiger partial charge in [0, 0.05) is 49.5 Å².